The number of hydrogen-bond donors (Lipinski definition) is 0. The average molecular weight is 281 g/mol. The SMILES string of the molecule is CCCN(c1nc(Cl)nc(-n2cccn2)n1)C(C)C. The molecule has 7 heteroatoms. The lowest BCUT2D eigenvalue weighted by Gasteiger charge is -2.26. The van der Waals surface area contributed by atoms with Crippen molar-refractivity contribution in [1.29, 1.82) is 0 Å². The minimum absolute atomic E-state index is 0.178. The van der Waals surface area contributed by atoms with Crippen LogP contribution in [0.4, 0.5) is 5.95 Å². The number of aromatic nitrogens is 5. The Bertz CT molecular complexity index is 525. The minimum atomic E-state index is 0.178. The summed E-state index contributed by atoms with van der Waals surface area (Å²) in [6.45, 7) is 7.19. The Morgan fingerprint density at radius 3 is 2.68 bits per heavy atom. The second-order valence-electron chi connectivity index (χ2n) is 4.44. The van der Waals surface area contributed by atoms with Crippen LogP contribution in [-0.2, 0) is 0 Å². The van der Waals surface area contributed by atoms with Crippen molar-refractivity contribution >= 4 is 17.5 Å². The molecule has 0 amide bonds. The third-order valence-electron chi connectivity index (χ3n) is 2.64. The highest BCUT2D eigenvalue weighted by molar-refractivity contribution is 6.28. The fourth-order valence-corrected chi connectivity index (χ4v) is 1.93. The molecule has 102 valence electrons. The maximum absolute atomic E-state index is 5.99. The van der Waals surface area contributed by atoms with Crippen LogP contribution in [0.5, 0.6) is 0 Å². The Hall–Kier alpha value is -1.69. The maximum atomic E-state index is 5.99. The summed E-state index contributed by atoms with van der Waals surface area (Å²) in [4.78, 5) is 14.8. The highest BCUT2D eigenvalue weighted by Gasteiger charge is 2.15. The van der Waals surface area contributed by atoms with Gasteiger partial charge >= 0.3 is 0 Å². The minimum Gasteiger partial charge on any atom is -0.338 e. The Morgan fingerprint density at radius 2 is 2.11 bits per heavy atom. The third kappa shape index (κ3) is 3.20. The molecular formula is C12H17ClN6. The summed E-state index contributed by atoms with van der Waals surface area (Å²) in [6.07, 6.45) is 4.46. The van der Waals surface area contributed by atoms with Crippen molar-refractivity contribution in [3.05, 3.63) is 23.7 Å². The standard InChI is InChI=1S/C12H17ClN6/c1-4-7-18(9(2)3)11-15-10(13)16-12(17-11)19-8-5-6-14-19/h5-6,8-9H,4,7H2,1-3H3. The van der Waals surface area contributed by atoms with Gasteiger partial charge in [0.05, 0.1) is 0 Å². The first-order valence-electron chi connectivity index (χ1n) is 6.30. The van der Waals surface area contributed by atoms with Crippen molar-refractivity contribution in [3.63, 3.8) is 0 Å². The van der Waals surface area contributed by atoms with Gasteiger partial charge in [-0.1, -0.05) is 6.92 Å². The monoisotopic (exact) mass is 280 g/mol. The van der Waals surface area contributed by atoms with Crippen LogP contribution in [0, 0.1) is 0 Å². The van der Waals surface area contributed by atoms with Crippen LogP contribution in [-0.4, -0.2) is 37.3 Å². The second-order valence-corrected chi connectivity index (χ2v) is 4.78. The maximum Gasteiger partial charge on any atom is 0.256 e. The zero-order chi connectivity index (χ0) is 13.8. The van der Waals surface area contributed by atoms with E-state index >= 15 is 0 Å². The highest BCUT2D eigenvalue weighted by Crippen LogP contribution is 2.15. The molecule has 0 saturated heterocycles. The van der Waals surface area contributed by atoms with Crippen molar-refractivity contribution in [2.75, 3.05) is 11.4 Å². The number of hydrogen-bond acceptors (Lipinski definition) is 5. The van der Waals surface area contributed by atoms with Crippen LogP contribution in [0.2, 0.25) is 5.28 Å². The van der Waals surface area contributed by atoms with Gasteiger partial charge in [-0.05, 0) is 37.9 Å². The molecule has 0 bridgehead atoms. The van der Waals surface area contributed by atoms with Crippen LogP contribution >= 0.6 is 11.6 Å². The molecule has 0 aliphatic heterocycles. The van der Waals surface area contributed by atoms with E-state index in [1.54, 1.807) is 17.1 Å². The van der Waals surface area contributed by atoms with Gasteiger partial charge in [0.1, 0.15) is 0 Å². The van der Waals surface area contributed by atoms with E-state index in [9.17, 15) is 0 Å². The van der Waals surface area contributed by atoms with Gasteiger partial charge in [0.2, 0.25) is 11.2 Å². The molecule has 0 aliphatic carbocycles. The van der Waals surface area contributed by atoms with E-state index in [4.69, 9.17) is 11.6 Å². The zero-order valence-electron chi connectivity index (χ0n) is 11.3. The summed E-state index contributed by atoms with van der Waals surface area (Å²) in [6, 6.07) is 2.10. The van der Waals surface area contributed by atoms with Gasteiger partial charge in [0.15, 0.2) is 0 Å². The van der Waals surface area contributed by atoms with Crippen LogP contribution < -0.4 is 4.90 Å². The van der Waals surface area contributed by atoms with Gasteiger partial charge in [-0.2, -0.15) is 20.1 Å². The normalized spacial score (nSPS) is 11.0. The van der Waals surface area contributed by atoms with E-state index in [0.717, 1.165) is 13.0 Å². The first-order valence-corrected chi connectivity index (χ1v) is 6.68. The molecule has 0 aromatic carbocycles. The summed E-state index contributed by atoms with van der Waals surface area (Å²) in [5.74, 6) is 1.02. The summed E-state index contributed by atoms with van der Waals surface area (Å²) >= 11 is 5.99. The van der Waals surface area contributed by atoms with Crippen LogP contribution in [0.3, 0.4) is 0 Å². The summed E-state index contributed by atoms with van der Waals surface area (Å²) < 4.78 is 1.57. The van der Waals surface area contributed by atoms with Crippen LogP contribution in [0.25, 0.3) is 5.95 Å². The predicted molar refractivity (Wildman–Crippen MR) is 74.7 cm³/mol. The zero-order valence-corrected chi connectivity index (χ0v) is 12.0. The molecule has 2 rings (SSSR count). The van der Waals surface area contributed by atoms with Gasteiger partial charge in [0.25, 0.3) is 5.95 Å². The third-order valence-corrected chi connectivity index (χ3v) is 2.81. The smallest absolute Gasteiger partial charge is 0.256 e. The predicted octanol–water partition coefficient (Wildman–Crippen LogP) is 2.34. The van der Waals surface area contributed by atoms with Gasteiger partial charge in [-0.25, -0.2) is 4.68 Å². The highest BCUT2D eigenvalue weighted by atomic mass is 35.5. The molecule has 0 saturated carbocycles. The first-order chi connectivity index (χ1) is 9.11. The molecule has 0 N–H and O–H groups in total. The topological polar surface area (TPSA) is 59.7 Å². The molecular weight excluding hydrogens is 264 g/mol. The van der Waals surface area contributed by atoms with Crippen molar-refractivity contribution in [2.45, 2.75) is 33.2 Å². The largest absolute Gasteiger partial charge is 0.338 e. The molecule has 19 heavy (non-hydrogen) atoms. The molecule has 0 fully saturated rings. The van der Waals surface area contributed by atoms with Gasteiger partial charge < -0.3 is 4.90 Å². The lowest BCUT2D eigenvalue weighted by atomic mass is 10.3. The number of halogens is 1. The molecule has 0 radical (unpaired) electrons. The fraction of sp³-hybridized carbons (Fsp3) is 0.500. The Balaban J connectivity index is 2.40. The molecule has 6 nitrogen and oxygen atoms in total. The molecule has 2 aromatic rings. The van der Waals surface area contributed by atoms with Crippen molar-refractivity contribution < 1.29 is 0 Å². The lowest BCUT2D eigenvalue weighted by Crippen LogP contribution is -2.33. The quantitative estimate of drug-likeness (QED) is 0.841. The fourth-order valence-electron chi connectivity index (χ4n) is 1.78. The number of nitrogens with zero attached hydrogens (tertiary/aromatic N) is 6. The molecule has 2 aromatic heterocycles. The summed E-state index contributed by atoms with van der Waals surface area (Å²) in [5.41, 5.74) is 0. The second kappa shape index (κ2) is 5.97. The van der Waals surface area contributed by atoms with Crippen molar-refractivity contribution in [2.24, 2.45) is 0 Å². The van der Waals surface area contributed by atoms with Gasteiger partial charge in [0, 0.05) is 25.0 Å². The van der Waals surface area contributed by atoms with E-state index in [0.29, 0.717) is 17.9 Å². The van der Waals surface area contributed by atoms with Gasteiger partial charge in [-0.3, -0.25) is 0 Å². The van der Waals surface area contributed by atoms with E-state index in [1.165, 1.54) is 0 Å². The van der Waals surface area contributed by atoms with Crippen molar-refractivity contribution in [3.8, 4) is 5.95 Å². The summed E-state index contributed by atoms with van der Waals surface area (Å²) in [7, 11) is 0. The molecule has 2 heterocycles. The Kier molecular flexibility index (Phi) is 4.31. The average Bonchev–Trinajstić information content (AvgIpc) is 2.88. The van der Waals surface area contributed by atoms with Crippen LogP contribution in [0.1, 0.15) is 27.2 Å². The molecule has 0 unspecified atom stereocenters. The first kappa shape index (κ1) is 13.7. The number of anilines is 1. The van der Waals surface area contributed by atoms with Crippen LogP contribution in [0.15, 0.2) is 18.5 Å². The van der Waals surface area contributed by atoms with E-state index in [2.05, 4.69) is 45.7 Å². The van der Waals surface area contributed by atoms with Gasteiger partial charge in [-0.15, -0.1) is 0 Å². The van der Waals surface area contributed by atoms with Crippen molar-refractivity contribution in [1.82, 2.24) is 24.7 Å². The molecule has 0 spiro atoms. The Labute approximate surface area is 117 Å². The summed E-state index contributed by atoms with van der Waals surface area (Å²) in [5, 5.41) is 4.28. The molecule has 0 atom stereocenters. The Morgan fingerprint density at radius 1 is 1.32 bits per heavy atom. The lowest BCUT2D eigenvalue weighted by molar-refractivity contribution is 0.644. The number of rotatable bonds is 5. The van der Waals surface area contributed by atoms with E-state index in [1.807, 2.05) is 6.07 Å². The van der Waals surface area contributed by atoms with E-state index < -0.39 is 0 Å². The molecule has 0 aliphatic rings. The van der Waals surface area contributed by atoms with E-state index in [-0.39, 0.29) is 5.28 Å².